The number of alkyl halides is 2. The minimum atomic E-state index is -2.78. The number of hydrogen-bond donors (Lipinski definition) is 1. The number of primary amides is 1. The van der Waals surface area contributed by atoms with Gasteiger partial charge in [0.2, 0.25) is 11.8 Å². The van der Waals surface area contributed by atoms with Crippen LogP contribution in [0.25, 0.3) is 0 Å². The fourth-order valence-corrected chi connectivity index (χ4v) is 10.5. The van der Waals surface area contributed by atoms with E-state index in [1.165, 1.54) is 10.5 Å². The van der Waals surface area contributed by atoms with Gasteiger partial charge in [0.1, 0.15) is 0 Å². The molecule has 2 aromatic carbocycles. The van der Waals surface area contributed by atoms with Gasteiger partial charge in [0.05, 0.1) is 40.3 Å². The van der Waals surface area contributed by atoms with Gasteiger partial charge in [-0.1, -0.05) is 48.5 Å². The smallest absolute Gasteiger partial charge is 0.261 e. The van der Waals surface area contributed by atoms with Crippen molar-refractivity contribution >= 4 is 17.7 Å². The van der Waals surface area contributed by atoms with Gasteiger partial charge in [-0.25, -0.2) is 13.8 Å². The SMILES string of the molecule is Cn1cncc1CN1CCN(CC[C@@H](c2ccccc2)C2(C(N)=O)CCC(F)(F)CC2)C[C@@H]1CN(CCCCN1C(=O)c2ccccc2C1=O)[C@H]1CCCc2cccnc21. The molecule has 1 saturated carbocycles. The molecule has 4 aliphatic rings. The van der Waals surface area contributed by atoms with Crippen LogP contribution in [-0.4, -0.2) is 110 Å². The van der Waals surface area contributed by atoms with Crippen LogP contribution < -0.4 is 5.73 Å². The molecular formula is C47H58F2N8O3. The molecule has 3 amide bonds. The molecule has 2 aliphatic heterocycles. The predicted molar refractivity (Wildman–Crippen MR) is 225 cm³/mol. The molecule has 0 radical (unpaired) electrons. The Morgan fingerprint density at radius 1 is 0.933 bits per heavy atom. The number of fused-ring (bicyclic) bond motifs is 2. The minimum Gasteiger partial charge on any atom is -0.369 e. The first kappa shape index (κ1) is 41.9. The number of nitrogens with two attached hydrogens (primary N) is 1. The van der Waals surface area contributed by atoms with E-state index in [2.05, 4.69) is 30.3 Å². The van der Waals surface area contributed by atoms with Gasteiger partial charge in [0.15, 0.2) is 0 Å². The highest BCUT2D eigenvalue weighted by Gasteiger charge is 2.51. The van der Waals surface area contributed by atoms with E-state index >= 15 is 0 Å². The largest absolute Gasteiger partial charge is 0.369 e. The van der Waals surface area contributed by atoms with Gasteiger partial charge in [-0.15, -0.1) is 0 Å². The van der Waals surface area contributed by atoms with Crippen LogP contribution in [0.1, 0.15) is 113 Å². The number of nitrogens with zero attached hydrogens (tertiary/aromatic N) is 7. The van der Waals surface area contributed by atoms with Crippen molar-refractivity contribution in [2.45, 2.75) is 94.7 Å². The molecule has 1 saturated heterocycles. The zero-order valence-corrected chi connectivity index (χ0v) is 34.7. The quantitative estimate of drug-likeness (QED) is 0.0991. The van der Waals surface area contributed by atoms with Crippen LogP contribution in [0.2, 0.25) is 0 Å². The first-order valence-corrected chi connectivity index (χ1v) is 21.8. The van der Waals surface area contributed by atoms with E-state index in [-0.39, 0.29) is 55.5 Å². The predicted octanol–water partition coefficient (Wildman–Crippen LogP) is 6.61. The molecular weight excluding hydrogens is 763 g/mol. The molecule has 3 atom stereocenters. The average molecular weight is 821 g/mol. The first-order valence-electron chi connectivity index (χ1n) is 21.8. The Bertz CT molecular complexity index is 2100. The highest BCUT2D eigenvalue weighted by atomic mass is 19.3. The second kappa shape index (κ2) is 18.0. The Hall–Kier alpha value is -4.85. The Kier molecular flexibility index (Phi) is 12.6. The van der Waals surface area contributed by atoms with Crippen molar-refractivity contribution < 1.29 is 23.2 Å². The number of carbonyl (C=O) groups excluding carboxylic acids is 3. The summed E-state index contributed by atoms with van der Waals surface area (Å²) >= 11 is 0. The van der Waals surface area contributed by atoms with Crippen LogP contribution in [0.3, 0.4) is 0 Å². The van der Waals surface area contributed by atoms with Gasteiger partial charge in [-0.2, -0.15) is 0 Å². The van der Waals surface area contributed by atoms with Crippen molar-refractivity contribution in [3.05, 3.63) is 119 Å². The Morgan fingerprint density at radius 2 is 1.67 bits per heavy atom. The molecule has 4 aromatic rings. The van der Waals surface area contributed by atoms with Crippen molar-refractivity contribution in [2.75, 3.05) is 45.8 Å². The monoisotopic (exact) mass is 820 g/mol. The number of benzene rings is 2. The summed E-state index contributed by atoms with van der Waals surface area (Å²) in [6.45, 7) is 5.82. The maximum Gasteiger partial charge on any atom is 0.261 e. The van der Waals surface area contributed by atoms with E-state index in [9.17, 15) is 23.2 Å². The van der Waals surface area contributed by atoms with Crippen molar-refractivity contribution in [2.24, 2.45) is 18.2 Å². The van der Waals surface area contributed by atoms with Crippen LogP contribution >= 0.6 is 0 Å². The number of imidazole rings is 1. The van der Waals surface area contributed by atoms with Crippen LogP contribution in [0.5, 0.6) is 0 Å². The molecule has 0 bridgehead atoms. The van der Waals surface area contributed by atoms with Gasteiger partial charge in [0, 0.05) is 77.6 Å². The third-order valence-corrected chi connectivity index (χ3v) is 13.9. The summed E-state index contributed by atoms with van der Waals surface area (Å²) in [5, 5.41) is 0. The van der Waals surface area contributed by atoms with E-state index in [0.717, 1.165) is 81.9 Å². The van der Waals surface area contributed by atoms with Crippen molar-refractivity contribution in [1.29, 1.82) is 0 Å². The molecule has 318 valence electrons. The number of halogens is 2. The summed E-state index contributed by atoms with van der Waals surface area (Å²) in [6, 6.07) is 21.4. The molecule has 2 aliphatic carbocycles. The maximum absolute atomic E-state index is 14.6. The van der Waals surface area contributed by atoms with E-state index in [0.29, 0.717) is 37.1 Å². The lowest BCUT2D eigenvalue weighted by atomic mass is 9.61. The normalized spacial score (nSPS) is 22.2. The summed E-state index contributed by atoms with van der Waals surface area (Å²) in [5.41, 5.74) is 10.6. The number of aryl methyl sites for hydroxylation is 2. The standard InChI is InChI=1S/C47H58F2N8O3/c1-53-33-51-29-36(53)31-55-28-27-54(26-18-40(34-11-3-2-4-12-34)46(45(50)60)19-21-47(48,49)22-20-46)30-37(55)32-56(41-17-9-13-35-14-10-23-52-42(35)41)24-7-8-25-57-43(58)38-15-5-6-16-39(38)44(57)59/h2-6,10-12,14-16,23,29,33,37,40-41H,7-9,13,17-22,24-28,30-32H2,1H3,(H2,50,60)/t37-,40+,41+/m1/s1. The molecule has 0 spiro atoms. The molecule has 60 heavy (non-hydrogen) atoms. The minimum absolute atomic E-state index is 0.0782. The van der Waals surface area contributed by atoms with E-state index in [1.807, 2.05) is 62.2 Å². The lowest BCUT2D eigenvalue weighted by molar-refractivity contribution is -0.138. The van der Waals surface area contributed by atoms with Gasteiger partial charge < -0.3 is 15.2 Å². The Labute approximate surface area is 351 Å². The summed E-state index contributed by atoms with van der Waals surface area (Å²) in [7, 11) is 2.03. The third-order valence-electron chi connectivity index (χ3n) is 13.9. The molecule has 0 unspecified atom stereocenters. The number of amides is 3. The molecule has 13 heteroatoms. The summed E-state index contributed by atoms with van der Waals surface area (Å²) < 4.78 is 31.2. The first-order chi connectivity index (χ1) is 29.0. The molecule has 4 heterocycles. The third kappa shape index (κ3) is 8.80. The zero-order chi connectivity index (χ0) is 41.9. The van der Waals surface area contributed by atoms with Crippen LogP contribution in [0.4, 0.5) is 8.78 Å². The number of unbranched alkanes of at least 4 members (excludes halogenated alkanes) is 1. The number of piperazine rings is 1. The van der Waals surface area contributed by atoms with Crippen molar-refractivity contribution in [3.63, 3.8) is 0 Å². The second-order valence-electron chi connectivity index (χ2n) is 17.5. The Morgan fingerprint density at radius 3 is 2.37 bits per heavy atom. The molecule has 2 aromatic heterocycles. The maximum atomic E-state index is 14.6. The highest BCUT2D eigenvalue weighted by molar-refractivity contribution is 6.21. The molecule has 2 fully saturated rings. The zero-order valence-electron chi connectivity index (χ0n) is 34.7. The fourth-order valence-electron chi connectivity index (χ4n) is 10.5. The average Bonchev–Trinajstić information content (AvgIpc) is 3.77. The fraction of sp³-hybridized carbons (Fsp3) is 0.511. The number of rotatable bonds is 16. The number of imide groups is 1. The van der Waals surface area contributed by atoms with Crippen LogP contribution in [0.15, 0.2) is 85.5 Å². The summed E-state index contributed by atoms with van der Waals surface area (Å²) in [5.74, 6) is -3.98. The van der Waals surface area contributed by atoms with Crippen molar-refractivity contribution in [3.8, 4) is 0 Å². The summed E-state index contributed by atoms with van der Waals surface area (Å²) in [6.07, 6.45) is 10.3. The number of hydrogen-bond acceptors (Lipinski definition) is 8. The number of aromatic nitrogens is 3. The number of carbonyl (C=O) groups is 3. The van der Waals surface area contributed by atoms with E-state index in [4.69, 9.17) is 10.7 Å². The van der Waals surface area contributed by atoms with E-state index in [1.54, 1.807) is 24.3 Å². The lowest BCUT2D eigenvalue weighted by Crippen LogP contribution is -2.57. The van der Waals surface area contributed by atoms with Gasteiger partial charge in [-0.05, 0) is 99.7 Å². The molecule has 2 N–H and O–H groups in total. The molecule has 8 rings (SSSR count). The van der Waals surface area contributed by atoms with Gasteiger partial charge in [-0.3, -0.25) is 34.1 Å². The highest BCUT2D eigenvalue weighted by Crippen LogP contribution is 2.52. The van der Waals surface area contributed by atoms with E-state index < -0.39 is 17.2 Å². The second-order valence-corrected chi connectivity index (χ2v) is 17.5. The molecule has 11 nitrogen and oxygen atoms in total. The van der Waals surface area contributed by atoms with Gasteiger partial charge in [0.25, 0.3) is 11.8 Å². The summed E-state index contributed by atoms with van der Waals surface area (Å²) in [4.78, 5) is 58.1. The van der Waals surface area contributed by atoms with Crippen molar-refractivity contribution in [1.82, 2.24) is 34.1 Å². The van der Waals surface area contributed by atoms with Crippen LogP contribution in [-0.2, 0) is 24.8 Å². The topological polar surface area (TPSA) is 121 Å². The number of pyridine rings is 1. The Balaban J connectivity index is 1.02. The lowest BCUT2D eigenvalue weighted by Gasteiger charge is -2.47. The van der Waals surface area contributed by atoms with Crippen LogP contribution in [0, 0.1) is 5.41 Å². The van der Waals surface area contributed by atoms with Gasteiger partial charge >= 0.3 is 0 Å².